The quantitative estimate of drug-likeness (QED) is 0.369. The Hall–Kier alpha value is -2.60. The molecular formula is C23H20Cl3NO4. The second-order valence-corrected chi connectivity index (χ2v) is 7.99. The van der Waals surface area contributed by atoms with E-state index in [-0.39, 0.29) is 12.2 Å². The maximum atomic E-state index is 11.2. The lowest BCUT2D eigenvalue weighted by Gasteiger charge is -2.16. The molecule has 0 bridgehead atoms. The molecule has 8 heteroatoms. The summed E-state index contributed by atoms with van der Waals surface area (Å²) in [6, 6.07) is 13.6. The van der Waals surface area contributed by atoms with Gasteiger partial charge >= 0.3 is 5.97 Å². The van der Waals surface area contributed by atoms with Gasteiger partial charge in [-0.2, -0.15) is 0 Å². The number of aromatic carboxylic acids is 1. The molecule has 0 spiro atoms. The highest BCUT2D eigenvalue weighted by molar-refractivity contribution is 6.36. The van der Waals surface area contributed by atoms with Crippen LogP contribution in [0.15, 0.2) is 48.5 Å². The number of halogens is 3. The second kappa shape index (κ2) is 10.1. The molecule has 31 heavy (non-hydrogen) atoms. The Morgan fingerprint density at radius 1 is 1.00 bits per heavy atom. The first-order valence-corrected chi connectivity index (χ1v) is 10.4. The monoisotopic (exact) mass is 479 g/mol. The average molecular weight is 481 g/mol. The summed E-state index contributed by atoms with van der Waals surface area (Å²) in [6.45, 7) is 2.42. The molecular weight excluding hydrogens is 461 g/mol. The Morgan fingerprint density at radius 3 is 2.35 bits per heavy atom. The summed E-state index contributed by atoms with van der Waals surface area (Å²) < 4.78 is 11.3. The topological polar surface area (TPSA) is 67.8 Å². The van der Waals surface area contributed by atoms with E-state index >= 15 is 0 Å². The molecule has 3 rings (SSSR count). The van der Waals surface area contributed by atoms with Crippen LogP contribution >= 0.6 is 34.8 Å². The molecule has 3 aromatic carbocycles. The molecule has 0 saturated carbocycles. The van der Waals surface area contributed by atoms with Gasteiger partial charge in [-0.1, -0.05) is 46.9 Å². The van der Waals surface area contributed by atoms with E-state index in [1.807, 2.05) is 6.92 Å². The van der Waals surface area contributed by atoms with Gasteiger partial charge < -0.3 is 19.9 Å². The van der Waals surface area contributed by atoms with Crippen molar-refractivity contribution >= 4 is 46.5 Å². The van der Waals surface area contributed by atoms with Crippen LogP contribution in [0.3, 0.4) is 0 Å². The first kappa shape index (κ1) is 23.1. The van der Waals surface area contributed by atoms with Crippen molar-refractivity contribution in [1.29, 1.82) is 0 Å². The number of anilines is 1. The second-order valence-electron chi connectivity index (χ2n) is 6.77. The Labute approximate surface area is 195 Å². The van der Waals surface area contributed by atoms with Crippen molar-refractivity contribution in [1.82, 2.24) is 0 Å². The number of methoxy groups -OCH3 is 1. The number of rotatable bonds is 8. The summed E-state index contributed by atoms with van der Waals surface area (Å²) in [5.41, 5.74) is 3.28. The third-order valence-electron chi connectivity index (χ3n) is 4.72. The minimum Gasteiger partial charge on any atom is -0.493 e. The van der Waals surface area contributed by atoms with Crippen molar-refractivity contribution in [2.45, 2.75) is 20.1 Å². The van der Waals surface area contributed by atoms with Gasteiger partial charge in [0.1, 0.15) is 6.61 Å². The molecule has 0 fully saturated rings. The maximum Gasteiger partial charge on any atom is 0.335 e. The van der Waals surface area contributed by atoms with Crippen LogP contribution in [0.5, 0.6) is 11.5 Å². The van der Waals surface area contributed by atoms with Crippen molar-refractivity contribution in [3.63, 3.8) is 0 Å². The predicted octanol–water partition coefficient (Wildman–Crippen LogP) is 6.85. The van der Waals surface area contributed by atoms with Gasteiger partial charge in [-0.15, -0.1) is 0 Å². The number of hydrogen-bond acceptors (Lipinski definition) is 4. The number of ether oxygens (including phenoxy) is 2. The van der Waals surface area contributed by atoms with E-state index in [0.717, 1.165) is 11.1 Å². The Balaban J connectivity index is 1.78. The molecule has 0 heterocycles. The van der Waals surface area contributed by atoms with Crippen molar-refractivity contribution in [3.05, 3.63) is 85.9 Å². The van der Waals surface area contributed by atoms with Gasteiger partial charge in [0.15, 0.2) is 11.5 Å². The minimum absolute atomic E-state index is 0.157. The lowest BCUT2D eigenvalue weighted by atomic mass is 10.1. The summed E-state index contributed by atoms with van der Waals surface area (Å²) >= 11 is 18.9. The van der Waals surface area contributed by atoms with Gasteiger partial charge in [-0.05, 0) is 48.4 Å². The third kappa shape index (κ3) is 5.56. The van der Waals surface area contributed by atoms with Crippen molar-refractivity contribution in [2.75, 3.05) is 12.4 Å². The van der Waals surface area contributed by atoms with Gasteiger partial charge in [0.05, 0.1) is 12.7 Å². The van der Waals surface area contributed by atoms with E-state index in [1.165, 1.54) is 7.11 Å². The Bertz CT molecular complexity index is 1100. The number of nitrogens with one attached hydrogen (secondary N) is 1. The van der Waals surface area contributed by atoms with Crippen molar-refractivity contribution in [3.8, 4) is 11.5 Å². The zero-order valence-electron chi connectivity index (χ0n) is 16.8. The van der Waals surface area contributed by atoms with Crippen LogP contribution in [0.25, 0.3) is 0 Å². The van der Waals surface area contributed by atoms with E-state index in [2.05, 4.69) is 5.32 Å². The van der Waals surface area contributed by atoms with Crippen molar-refractivity contribution in [2.24, 2.45) is 0 Å². The maximum absolute atomic E-state index is 11.2. The highest BCUT2D eigenvalue weighted by atomic mass is 35.5. The molecule has 3 aromatic rings. The first-order valence-electron chi connectivity index (χ1n) is 9.30. The fourth-order valence-corrected chi connectivity index (χ4v) is 3.67. The number of carboxylic acid groups (broad SMARTS) is 1. The van der Waals surface area contributed by atoms with Gasteiger partial charge in [0, 0.05) is 38.9 Å². The lowest BCUT2D eigenvalue weighted by Crippen LogP contribution is -2.05. The SMILES string of the molecule is COc1cc(CNc2cc(C(=O)O)ccc2C)c(Cl)cc1OCc1c(Cl)cccc1Cl. The molecule has 2 N–H and O–H groups in total. The molecule has 0 saturated heterocycles. The van der Waals surface area contributed by atoms with E-state index in [1.54, 1.807) is 48.5 Å². The van der Waals surface area contributed by atoms with Gasteiger partial charge in [0.2, 0.25) is 0 Å². The molecule has 162 valence electrons. The zero-order valence-corrected chi connectivity index (χ0v) is 19.1. The summed E-state index contributed by atoms with van der Waals surface area (Å²) in [7, 11) is 1.54. The van der Waals surface area contributed by atoms with Crippen LogP contribution in [-0.2, 0) is 13.2 Å². The number of aryl methyl sites for hydroxylation is 1. The van der Waals surface area contributed by atoms with Crippen LogP contribution in [-0.4, -0.2) is 18.2 Å². The van der Waals surface area contributed by atoms with Crippen LogP contribution in [0, 0.1) is 6.92 Å². The standard InChI is InChI=1S/C23H20Cl3NO4/c1-13-6-7-14(23(28)29)8-20(13)27-11-15-9-21(30-2)22(10-19(15)26)31-12-16-17(24)4-3-5-18(16)25/h3-10,27H,11-12H2,1-2H3,(H,28,29). The van der Waals surface area contributed by atoms with Gasteiger partial charge in [0.25, 0.3) is 0 Å². The minimum atomic E-state index is -0.983. The Kier molecular flexibility index (Phi) is 7.55. The van der Waals surface area contributed by atoms with Crippen LogP contribution in [0.4, 0.5) is 5.69 Å². The number of hydrogen-bond donors (Lipinski definition) is 2. The summed E-state index contributed by atoms with van der Waals surface area (Å²) in [6.07, 6.45) is 0. The van der Waals surface area contributed by atoms with E-state index in [0.29, 0.717) is 44.4 Å². The van der Waals surface area contributed by atoms with Crippen molar-refractivity contribution < 1.29 is 19.4 Å². The van der Waals surface area contributed by atoms with E-state index in [4.69, 9.17) is 44.3 Å². The highest BCUT2D eigenvalue weighted by Gasteiger charge is 2.14. The fourth-order valence-electron chi connectivity index (χ4n) is 2.94. The van der Waals surface area contributed by atoms with Gasteiger partial charge in [-0.3, -0.25) is 0 Å². The van der Waals surface area contributed by atoms with Gasteiger partial charge in [-0.25, -0.2) is 4.79 Å². The number of carboxylic acids is 1. The summed E-state index contributed by atoms with van der Waals surface area (Å²) in [4.78, 5) is 11.2. The molecule has 0 aliphatic rings. The average Bonchev–Trinajstić information content (AvgIpc) is 2.73. The zero-order chi connectivity index (χ0) is 22.5. The lowest BCUT2D eigenvalue weighted by molar-refractivity contribution is 0.0697. The molecule has 0 aromatic heterocycles. The predicted molar refractivity (Wildman–Crippen MR) is 124 cm³/mol. The largest absolute Gasteiger partial charge is 0.493 e. The molecule has 0 atom stereocenters. The number of benzene rings is 3. The normalized spacial score (nSPS) is 10.6. The van der Waals surface area contributed by atoms with Crippen LogP contribution in [0.1, 0.15) is 27.0 Å². The Morgan fingerprint density at radius 2 is 1.71 bits per heavy atom. The highest BCUT2D eigenvalue weighted by Crippen LogP contribution is 2.35. The summed E-state index contributed by atoms with van der Waals surface area (Å²) in [5.74, 6) is -0.0282. The molecule has 0 aliphatic carbocycles. The van der Waals surface area contributed by atoms with E-state index < -0.39 is 5.97 Å². The van der Waals surface area contributed by atoms with Crippen LogP contribution < -0.4 is 14.8 Å². The smallest absolute Gasteiger partial charge is 0.335 e. The van der Waals surface area contributed by atoms with E-state index in [9.17, 15) is 9.90 Å². The fraction of sp³-hybridized carbons (Fsp3) is 0.174. The summed E-state index contributed by atoms with van der Waals surface area (Å²) in [5, 5.41) is 13.9. The molecule has 0 amide bonds. The molecule has 5 nitrogen and oxygen atoms in total. The molecule has 0 unspecified atom stereocenters. The molecule has 0 aliphatic heterocycles. The number of carbonyl (C=O) groups is 1. The molecule has 0 radical (unpaired) electrons. The first-order chi connectivity index (χ1) is 14.8. The third-order valence-corrected chi connectivity index (χ3v) is 5.78. The van der Waals surface area contributed by atoms with Crippen LogP contribution in [0.2, 0.25) is 15.1 Å².